The molecule has 0 spiro atoms. The molecule has 1 amide bonds. The van der Waals surface area contributed by atoms with E-state index in [0.717, 1.165) is 0 Å². The van der Waals surface area contributed by atoms with Gasteiger partial charge in [0.25, 0.3) is 5.91 Å². The monoisotopic (exact) mass is 221 g/mol. The summed E-state index contributed by atoms with van der Waals surface area (Å²) in [6, 6.07) is 7.06. The van der Waals surface area contributed by atoms with Gasteiger partial charge in [-0.1, -0.05) is 12.1 Å². The standard InChI is InChI=1S/C11H11NO4/c13-10(14)6-5-9-11(15)12-7-3-1-2-4-8(7)16-9/h1-4,9H,5-6H2,(H,12,15)(H,13,14)/t9-/m1/s1. The number of para-hydroxylation sites is 2. The molecular formula is C11H11NO4. The molecule has 1 atom stereocenters. The zero-order valence-electron chi connectivity index (χ0n) is 8.47. The first kappa shape index (κ1) is 10.5. The molecule has 0 fully saturated rings. The molecule has 0 radical (unpaired) electrons. The minimum Gasteiger partial charge on any atom is -0.481 e. The predicted octanol–water partition coefficient (Wildman–Crippen LogP) is 1.25. The fourth-order valence-electron chi connectivity index (χ4n) is 1.54. The first-order valence-electron chi connectivity index (χ1n) is 4.95. The highest BCUT2D eigenvalue weighted by atomic mass is 16.5. The van der Waals surface area contributed by atoms with Crippen LogP contribution in [0.2, 0.25) is 0 Å². The van der Waals surface area contributed by atoms with Gasteiger partial charge in [0.2, 0.25) is 0 Å². The Labute approximate surface area is 92.0 Å². The summed E-state index contributed by atoms with van der Waals surface area (Å²) in [7, 11) is 0. The fraction of sp³-hybridized carbons (Fsp3) is 0.273. The van der Waals surface area contributed by atoms with Crippen LogP contribution in [-0.2, 0) is 9.59 Å². The largest absolute Gasteiger partial charge is 0.481 e. The number of benzene rings is 1. The van der Waals surface area contributed by atoms with Gasteiger partial charge in [0, 0.05) is 12.8 Å². The first-order valence-corrected chi connectivity index (χ1v) is 4.95. The van der Waals surface area contributed by atoms with E-state index in [-0.39, 0.29) is 18.7 Å². The van der Waals surface area contributed by atoms with Crippen LogP contribution in [0.1, 0.15) is 12.8 Å². The van der Waals surface area contributed by atoms with E-state index in [4.69, 9.17) is 9.84 Å². The number of carboxylic acid groups (broad SMARTS) is 1. The highest BCUT2D eigenvalue weighted by Crippen LogP contribution is 2.29. The summed E-state index contributed by atoms with van der Waals surface area (Å²) in [5.41, 5.74) is 0.624. The molecule has 2 N–H and O–H groups in total. The number of carboxylic acids is 1. The highest BCUT2D eigenvalue weighted by Gasteiger charge is 2.27. The smallest absolute Gasteiger partial charge is 0.303 e. The van der Waals surface area contributed by atoms with Gasteiger partial charge in [0.1, 0.15) is 5.75 Å². The summed E-state index contributed by atoms with van der Waals surface area (Å²) in [5, 5.41) is 11.2. The number of hydrogen-bond acceptors (Lipinski definition) is 3. The molecule has 5 heteroatoms. The zero-order valence-corrected chi connectivity index (χ0v) is 8.47. The fourth-order valence-corrected chi connectivity index (χ4v) is 1.54. The Bertz CT molecular complexity index is 430. The summed E-state index contributed by atoms with van der Waals surface area (Å²) in [6.07, 6.45) is -0.624. The van der Waals surface area contributed by atoms with Crippen LogP contribution in [0.5, 0.6) is 5.75 Å². The molecule has 1 aromatic carbocycles. The summed E-state index contributed by atoms with van der Waals surface area (Å²) in [6.45, 7) is 0. The van der Waals surface area contributed by atoms with E-state index in [1.165, 1.54) is 0 Å². The maximum atomic E-state index is 11.5. The van der Waals surface area contributed by atoms with Crippen molar-refractivity contribution >= 4 is 17.6 Å². The second-order valence-electron chi connectivity index (χ2n) is 3.52. The van der Waals surface area contributed by atoms with E-state index in [2.05, 4.69) is 5.32 Å². The number of amides is 1. The number of fused-ring (bicyclic) bond motifs is 1. The molecule has 1 aromatic rings. The van der Waals surface area contributed by atoms with Crippen molar-refractivity contribution in [2.24, 2.45) is 0 Å². The van der Waals surface area contributed by atoms with E-state index >= 15 is 0 Å². The Morgan fingerprint density at radius 2 is 2.19 bits per heavy atom. The number of rotatable bonds is 3. The first-order chi connectivity index (χ1) is 7.66. The van der Waals surface area contributed by atoms with Gasteiger partial charge in [-0.25, -0.2) is 0 Å². The van der Waals surface area contributed by atoms with Crippen molar-refractivity contribution < 1.29 is 19.4 Å². The predicted molar refractivity (Wildman–Crippen MR) is 56.4 cm³/mol. The van der Waals surface area contributed by atoms with Crippen LogP contribution < -0.4 is 10.1 Å². The van der Waals surface area contributed by atoms with Crippen LogP contribution in [0.3, 0.4) is 0 Å². The van der Waals surface area contributed by atoms with Gasteiger partial charge in [-0.2, -0.15) is 0 Å². The average molecular weight is 221 g/mol. The van der Waals surface area contributed by atoms with Crippen molar-refractivity contribution in [3.63, 3.8) is 0 Å². The van der Waals surface area contributed by atoms with E-state index in [0.29, 0.717) is 11.4 Å². The maximum absolute atomic E-state index is 11.5. The summed E-state index contributed by atoms with van der Waals surface area (Å²) >= 11 is 0. The Kier molecular flexibility index (Phi) is 2.76. The normalized spacial score (nSPS) is 18.2. The molecule has 0 aliphatic carbocycles. The quantitative estimate of drug-likeness (QED) is 0.805. The third-order valence-electron chi connectivity index (χ3n) is 2.33. The number of hydrogen-bond donors (Lipinski definition) is 2. The van der Waals surface area contributed by atoms with Crippen LogP contribution in [0.15, 0.2) is 24.3 Å². The van der Waals surface area contributed by atoms with E-state index in [9.17, 15) is 9.59 Å². The Morgan fingerprint density at radius 1 is 1.44 bits per heavy atom. The third-order valence-corrected chi connectivity index (χ3v) is 2.33. The lowest BCUT2D eigenvalue weighted by Crippen LogP contribution is -2.37. The lowest BCUT2D eigenvalue weighted by molar-refractivity contribution is -0.137. The van der Waals surface area contributed by atoms with Gasteiger partial charge in [-0.15, -0.1) is 0 Å². The van der Waals surface area contributed by atoms with Gasteiger partial charge < -0.3 is 15.2 Å². The van der Waals surface area contributed by atoms with Crippen molar-refractivity contribution in [2.45, 2.75) is 18.9 Å². The number of carbonyl (C=O) groups excluding carboxylic acids is 1. The second-order valence-corrected chi connectivity index (χ2v) is 3.52. The molecule has 1 aliphatic heterocycles. The third kappa shape index (κ3) is 2.13. The van der Waals surface area contributed by atoms with Gasteiger partial charge in [0.15, 0.2) is 6.10 Å². The Morgan fingerprint density at radius 3 is 2.94 bits per heavy atom. The molecule has 84 valence electrons. The van der Waals surface area contributed by atoms with Crippen LogP contribution in [0.25, 0.3) is 0 Å². The van der Waals surface area contributed by atoms with E-state index < -0.39 is 12.1 Å². The lowest BCUT2D eigenvalue weighted by Gasteiger charge is -2.25. The minimum atomic E-state index is -0.935. The molecule has 0 aromatic heterocycles. The SMILES string of the molecule is O=C(O)CC[C@H]1Oc2ccccc2NC1=O. The molecule has 0 unspecified atom stereocenters. The Balaban J connectivity index is 2.09. The second kappa shape index (κ2) is 4.22. The van der Waals surface area contributed by atoms with Crippen molar-refractivity contribution in [3.05, 3.63) is 24.3 Å². The molecule has 5 nitrogen and oxygen atoms in total. The van der Waals surface area contributed by atoms with Gasteiger partial charge in [-0.3, -0.25) is 9.59 Å². The van der Waals surface area contributed by atoms with E-state index in [1.54, 1.807) is 24.3 Å². The molecule has 0 bridgehead atoms. The molecular weight excluding hydrogens is 210 g/mol. The highest BCUT2D eigenvalue weighted by molar-refractivity contribution is 5.97. The Hall–Kier alpha value is -2.04. The number of carbonyl (C=O) groups is 2. The molecule has 0 saturated heterocycles. The van der Waals surface area contributed by atoms with Crippen LogP contribution >= 0.6 is 0 Å². The summed E-state index contributed by atoms with van der Waals surface area (Å²) in [4.78, 5) is 21.9. The van der Waals surface area contributed by atoms with E-state index in [1.807, 2.05) is 0 Å². The lowest BCUT2D eigenvalue weighted by atomic mass is 10.1. The number of aliphatic carboxylic acids is 1. The summed E-state index contributed by atoms with van der Waals surface area (Å²) in [5.74, 6) is -0.646. The molecule has 0 saturated carbocycles. The minimum absolute atomic E-state index is 0.0831. The molecule has 2 rings (SSSR count). The maximum Gasteiger partial charge on any atom is 0.303 e. The van der Waals surface area contributed by atoms with Crippen molar-refractivity contribution in [1.29, 1.82) is 0 Å². The average Bonchev–Trinajstić information content (AvgIpc) is 2.26. The van der Waals surface area contributed by atoms with Crippen molar-refractivity contribution in [3.8, 4) is 5.75 Å². The number of anilines is 1. The zero-order chi connectivity index (χ0) is 11.5. The van der Waals surface area contributed by atoms with Gasteiger partial charge in [-0.05, 0) is 12.1 Å². The van der Waals surface area contributed by atoms with Crippen LogP contribution in [-0.4, -0.2) is 23.1 Å². The number of nitrogens with one attached hydrogen (secondary N) is 1. The molecule has 1 aliphatic rings. The molecule has 16 heavy (non-hydrogen) atoms. The topological polar surface area (TPSA) is 75.6 Å². The van der Waals surface area contributed by atoms with Gasteiger partial charge >= 0.3 is 5.97 Å². The van der Waals surface area contributed by atoms with Crippen LogP contribution in [0, 0.1) is 0 Å². The number of ether oxygens (including phenoxy) is 1. The van der Waals surface area contributed by atoms with Crippen molar-refractivity contribution in [2.75, 3.05) is 5.32 Å². The summed E-state index contributed by atoms with van der Waals surface area (Å²) < 4.78 is 5.42. The molecule has 1 heterocycles. The van der Waals surface area contributed by atoms with Crippen LogP contribution in [0.4, 0.5) is 5.69 Å². The van der Waals surface area contributed by atoms with Crippen molar-refractivity contribution in [1.82, 2.24) is 0 Å². The van der Waals surface area contributed by atoms with Gasteiger partial charge in [0.05, 0.1) is 5.69 Å².